The van der Waals surface area contributed by atoms with Crippen LogP contribution < -0.4 is 0 Å². The summed E-state index contributed by atoms with van der Waals surface area (Å²) in [5.41, 5.74) is 2.01. The quantitative estimate of drug-likeness (QED) is 0.797. The molecule has 1 heterocycles. The summed E-state index contributed by atoms with van der Waals surface area (Å²) in [4.78, 5) is 15.5. The van der Waals surface area contributed by atoms with Crippen LogP contribution in [0.2, 0.25) is 0 Å². The van der Waals surface area contributed by atoms with Crippen LogP contribution in [0.1, 0.15) is 32.2 Å². The smallest absolute Gasteiger partial charge is 0.313 e. The number of carboxylic acids is 1. The second-order valence-corrected chi connectivity index (χ2v) is 7.37. The number of imidazole rings is 1. The van der Waals surface area contributed by atoms with Gasteiger partial charge in [0.25, 0.3) is 0 Å². The van der Waals surface area contributed by atoms with E-state index in [4.69, 9.17) is 5.11 Å². The van der Waals surface area contributed by atoms with Gasteiger partial charge in [0.1, 0.15) is 0 Å². The summed E-state index contributed by atoms with van der Waals surface area (Å²) in [7, 11) is 0. The lowest BCUT2D eigenvalue weighted by Gasteiger charge is -2.33. The highest BCUT2D eigenvalue weighted by Crippen LogP contribution is 2.40. The molecule has 1 aliphatic rings. The highest BCUT2D eigenvalue weighted by atomic mass is 79.9. The Morgan fingerprint density at radius 1 is 1.57 bits per heavy atom. The number of nitrogens with zero attached hydrogens (tertiary/aromatic N) is 2. The Morgan fingerprint density at radius 2 is 2.33 bits per heavy atom. The van der Waals surface area contributed by atoms with Gasteiger partial charge in [0.2, 0.25) is 0 Å². The Bertz CT molecular complexity index is 682. The molecule has 1 fully saturated rings. The number of hydrogen-bond donors (Lipinski definition) is 1. The molecule has 112 valence electrons. The van der Waals surface area contributed by atoms with Crippen molar-refractivity contribution in [1.29, 1.82) is 0 Å². The van der Waals surface area contributed by atoms with Crippen LogP contribution in [0.15, 0.2) is 27.8 Å². The van der Waals surface area contributed by atoms with Gasteiger partial charge in [0.15, 0.2) is 5.16 Å². The first-order valence-corrected chi connectivity index (χ1v) is 8.86. The number of carbonyl (C=O) groups is 1. The van der Waals surface area contributed by atoms with E-state index in [0.29, 0.717) is 12.0 Å². The lowest BCUT2D eigenvalue weighted by Crippen LogP contribution is -2.23. The molecule has 1 aromatic heterocycles. The van der Waals surface area contributed by atoms with Crippen LogP contribution in [0.3, 0.4) is 0 Å². The first-order valence-electron chi connectivity index (χ1n) is 7.08. The summed E-state index contributed by atoms with van der Waals surface area (Å²) in [6.45, 7) is 2.22. The first-order chi connectivity index (χ1) is 10.1. The SMILES string of the molecule is CC(C1CCC1)n1c(SCC(=O)O)nc2cc(Br)ccc21. The molecule has 1 aromatic carbocycles. The maximum absolute atomic E-state index is 10.9. The standard InChI is InChI=1S/C15H17BrN2O2S/c1-9(10-3-2-4-10)18-13-6-5-11(16)7-12(13)17-15(18)21-8-14(19)20/h5-7,9-10H,2-4,8H2,1H3,(H,19,20). The molecular formula is C15H17BrN2O2S. The van der Waals surface area contributed by atoms with Crippen molar-refractivity contribution in [3.05, 3.63) is 22.7 Å². The van der Waals surface area contributed by atoms with E-state index in [1.54, 1.807) is 0 Å². The molecule has 1 atom stereocenters. The minimum absolute atomic E-state index is 0.0435. The molecule has 1 saturated carbocycles. The number of rotatable bonds is 5. The van der Waals surface area contributed by atoms with Crippen LogP contribution in [0.5, 0.6) is 0 Å². The Morgan fingerprint density at radius 3 is 2.95 bits per heavy atom. The molecule has 2 aromatic rings. The maximum atomic E-state index is 10.9. The molecule has 3 rings (SSSR count). The molecule has 4 nitrogen and oxygen atoms in total. The molecule has 0 saturated heterocycles. The lowest BCUT2D eigenvalue weighted by atomic mass is 9.80. The number of hydrogen-bond acceptors (Lipinski definition) is 3. The zero-order chi connectivity index (χ0) is 15.0. The van der Waals surface area contributed by atoms with E-state index in [2.05, 4.69) is 38.5 Å². The monoisotopic (exact) mass is 368 g/mol. The Kier molecular flexibility index (Phi) is 4.26. The van der Waals surface area contributed by atoms with E-state index in [0.717, 1.165) is 20.7 Å². The predicted octanol–water partition coefficient (Wildman–Crippen LogP) is 4.34. The van der Waals surface area contributed by atoms with Gasteiger partial charge in [-0.25, -0.2) is 4.98 Å². The second-order valence-electron chi connectivity index (χ2n) is 5.51. The van der Waals surface area contributed by atoms with Crippen molar-refractivity contribution in [2.45, 2.75) is 37.4 Å². The molecule has 0 bridgehead atoms. The van der Waals surface area contributed by atoms with Gasteiger partial charge in [-0.05, 0) is 43.9 Å². The maximum Gasteiger partial charge on any atom is 0.313 e. The molecule has 0 aliphatic heterocycles. The summed E-state index contributed by atoms with van der Waals surface area (Å²) in [5.74, 6) is -0.0895. The Hall–Kier alpha value is -1.01. The van der Waals surface area contributed by atoms with Gasteiger partial charge in [-0.2, -0.15) is 0 Å². The van der Waals surface area contributed by atoms with Crippen molar-refractivity contribution in [3.8, 4) is 0 Å². The van der Waals surface area contributed by atoms with Crippen LogP contribution in [-0.4, -0.2) is 26.4 Å². The molecule has 0 radical (unpaired) electrons. The molecule has 6 heteroatoms. The van der Waals surface area contributed by atoms with E-state index < -0.39 is 5.97 Å². The van der Waals surface area contributed by atoms with Gasteiger partial charge >= 0.3 is 5.97 Å². The molecule has 1 unspecified atom stereocenters. The number of thioether (sulfide) groups is 1. The van der Waals surface area contributed by atoms with Crippen molar-refractivity contribution in [1.82, 2.24) is 9.55 Å². The number of fused-ring (bicyclic) bond motifs is 1. The van der Waals surface area contributed by atoms with E-state index >= 15 is 0 Å². The molecule has 1 N–H and O–H groups in total. The number of halogens is 1. The van der Waals surface area contributed by atoms with Gasteiger partial charge in [-0.1, -0.05) is 34.1 Å². The van der Waals surface area contributed by atoms with Crippen LogP contribution in [-0.2, 0) is 4.79 Å². The topological polar surface area (TPSA) is 55.1 Å². The van der Waals surface area contributed by atoms with Gasteiger partial charge in [-0.15, -0.1) is 0 Å². The summed E-state index contributed by atoms with van der Waals surface area (Å²) in [5, 5.41) is 9.73. The van der Waals surface area contributed by atoms with Crippen molar-refractivity contribution in [3.63, 3.8) is 0 Å². The molecule has 0 amide bonds. The van der Waals surface area contributed by atoms with Gasteiger partial charge in [0, 0.05) is 10.5 Å². The highest BCUT2D eigenvalue weighted by molar-refractivity contribution is 9.10. The molecular weight excluding hydrogens is 352 g/mol. The summed E-state index contributed by atoms with van der Waals surface area (Å²) in [6, 6.07) is 6.43. The number of aliphatic carboxylic acids is 1. The predicted molar refractivity (Wildman–Crippen MR) is 87.8 cm³/mol. The third-order valence-corrected chi connectivity index (χ3v) is 5.61. The molecule has 21 heavy (non-hydrogen) atoms. The second kappa shape index (κ2) is 6.01. The van der Waals surface area contributed by atoms with Gasteiger partial charge in [0.05, 0.1) is 16.8 Å². The third-order valence-electron chi connectivity index (χ3n) is 4.18. The number of carboxylic acid groups (broad SMARTS) is 1. The largest absolute Gasteiger partial charge is 0.481 e. The Labute approximate surface area is 136 Å². The number of aromatic nitrogens is 2. The van der Waals surface area contributed by atoms with Crippen molar-refractivity contribution in [2.24, 2.45) is 5.92 Å². The van der Waals surface area contributed by atoms with Crippen LogP contribution in [0, 0.1) is 5.92 Å². The van der Waals surface area contributed by atoms with Crippen molar-refractivity contribution >= 4 is 44.7 Å². The van der Waals surface area contributed by atoms with E-state index in [1.165, 1.54) is 31.0 Å². The Balaban J connectivity index is 2.03. The van der Waals surface area contributed by atoms with E-state index in [-0.39, 0.29) is 5.75 Å². The average Bonchev–Trinajstić information content (AvgIpc) is 2.71. The lowest BCUT2D eigenvalue weighted by molar-refractivity contribution is -0.133. The highest BCUT2D eigenvalue weighted by Gasteiger charge is 2.28. The molecule has 0 spiro atoms. The summed E-state index contributed by atoms with van der Waals surface area (Å²) >= 11 is 4.77. The van der Waals surface area contributed by atoms with Crippen LogP contribution >= 0.6 is 27.7 Å². The fourth-order valence-electron chi connectivity index (χ4n) is 2.80. The third kappa shape index (κ3) is 2.97. The minimum atomic E-state index is -0.809. The molecule has 1 aliphatic carbocycles. The number of benzene rings is 1. The zero-order valence-corrected chi connectivity index (χ0v) is 14.2. The first kappa shape index (κ1) is 14.9. The van der Waals surface area contributed by atoms with E-state index in [9.17, 15) is 4.79 Å². The van der Waals surface area contributed by atoms with Gasteiger partial charge in [-0.3, -0.25) is 4.79 Å². The zero-order valence-electron chi connectivity index (χ0n) is 11.8. The fraction of sp³-hybridized carbons (Fsp3) is 0.467. The van der Waals surface area contributed by atoms with Crippen LogP contribution in [0.4, 0.5) is 0 Å². The van der Waals surface area contributed by atoms with Crippen LogP contribution in [0.25, 0.3) is 11.0 Å². The van der Waals surface area contributed by atoms with Crippen molar-refractivity contribution < 1.29 is 9.90 Å². The minimum Gasteiger partial charge on any atom is -0.481 e. The fourth-order valence-corrected chi connectivity index (χ4v) is 3.97. The van der Waals surface area contributed by atoms with Gasteiger partial charge < -0.3 is 9.67 Å². The van der Waals surface area contributed by atoms with Crippen molar-refractivity contribution in [2.75, 3.05) is 5.75 Å². The normalized spacial score (nSPS) is 16.9. The average molecular weight is 369 g/mol. The summed E-state index contributed by atoms with van der Waals surface area (Å²) < 4.78 is 3.21. The summed E-state index contributed by atoms with van der Waals surface area (Å²) in [6.07, 6.45) is 3.80. The van der Waals surface area contributed by atoms with E-state index in [1.807, 2.05) is 12.1 Å².